The number of rotatable bonds is 4. The lowest BCUT2D eigenvalue weighted by Gasteiger charge is -2.08. The summed E-state index contributed by atoms with van der Waals surface area (Å²) in [7, 11) is 0. The molecule has 0 saturated heterocycles. The zero-order valence-electron chi connectivity index (χ0n) is 9.34. The smallest absolute Gasteiger partial charge is 0.269 e. The van der Waals surface area contributed by atoms with E-state index < -0.39 is 0 Å². The Morgan fingerprint density at radius 1 is 1.41 bits per heavy atom. The van der Waals surface area contributed by atoms with E-state index in [0.717, 1.165) is 17.8 Å². The van der Waals surface area contributed by atoms with Gasteiger partial charge >= 0.3 is 0 Å². The van der Waals surface area contributed by atoms with Gasteiger partial charge in [-0.2, -0.15) is 11.3 Å². The zero-order chi connectivity index (χ0) is 12.3. The first kappa shape index (κ1) is 11.6. The second-order valence-corrected chi connectivity index (χ2v) is 4.52. The second-order valence-electron chi connectivity index (χ2n) is 3.74. The lowest BCUT2D eigenvalue weighted by Crippen LogP contribution is -2.00. The van der Waals surface area contributed by atoms with Gasteiger partial charge in [0.2, 0.25) is 0 Å². The fourth-order valence-electron chi connectivity index (χ4n) is 1.55. The van der Waals surface area contributed by atoms with E-state index in [1.165, 1.54) is 11.6 Å². The third-order valence-corrected chi connectivity index (χ3v) is 3.22. The molecule has 0 radical (unpaired) electrons. The minimum absolute atomic E-state index is 0.128. The summed E-state index contributed by atoms with van der Waals surface area (Å²) in [6.45, 7) is 2.60. The molecule has 1 aromatic heterocycles. The topological polar surface area (TPSA) is 55.2 Å². The van der Waals surface area contributed by atoms with Gasteiger partial charge in [0.15, 0.2) is 0 Å². The molecule has 0 aliphatic carbocycles. The van der Waals surface area contributed by atoms with Crippen molar-refractivity contribution in [1.82, 2.24) is 0 Å². The number of nitrogens with zero attached hydrogens (tertiary/aromatic N) is 1. The molecule has 5 heteroatoms. The van der Waals surface area contributed by atoms with Crippen molar-refractivity contribution in [3.05, 3.63) is 56.3 Å². The van der Waals surface area contributed by atoms with Crippen LogP contribution in [0.15, 0.2) is 35.0 Å². The molecule has 17 heavy (non-hydrogen) atoms. The first-order valence-electron chi connectivity index (χ1n) is 5.17. The van der Waals surface area contributed by atoms with Crippen molar-refractivity contribution in [3.8, 4) is 0 Å². The molecule has 2 aromatic rings. The van der Waals surface area contributed by atoms with Gasteiger partial charge in [0.05, 0.1) is 4.92 Å². The van der Waals surface area contributed by atoms with Crippen LogP contribution in [0.25, 0.3) is 0 Å². The van der Waals surface area contributed by atoms with Crippen molar-refractivity contribution in [2.75, 3.05) is 5.32 Å². The Morgan fingerprint density at radius 2 is 2.24 bits per heavy atom. The van der Waals surface area contributed by atoms with Gasteiger partial charge < -0.3 is 5.32 Å². The molecule has 0 bridgehead atoms. The Morgan fingerprint density at radius 3 is 2.82 bits per heavy atom. The summed E-state index contributed by atoms with van der Waals surface area (Å²) in [5, 5.41) is 18.0. The summed E-state index contributed by atoms with van der Waals surface area (Å²) in [5.74, 6) is 0. The van der Waals surface area contributed by atoms with Crippen molar-refractivity contribution < 1.29 is 4.92 Å². The van der Waals surface area contributed by atoms with Crippen molar-refractivity contribution >= 4 is 22.7 Å². The number of benzene rings is 1. The van der Waals surface area contributed by atoms with Crippen LogP contribution in [0, 0.1) is 17.0 Å². The maximum Gasteiger partial charge on any atom is 0.269 e. The van der Waals surface area contributed by atoms with Gasteiger partial charge in [-0.3, -0.25) is 10.1 Å². The van der Waals surface area contributed by atoms with Crippen molar-refractivity contribution in [2.24, 2.45) is 0 Å². The molecule has 88 valence electrons. The van der Waals surface area contributed by atoms with E-state index in [-0.39, 0.29) is 10.6 Å². The predicted molar refractivity (Wildman–Crippen MR) is 69.5 cm³/mol. The molecule has 2 rings (SSSR count). The van der Waals surface area contributed by atoms with Crippen LogP contribution in [0.2, 0.25) is 0 Å². The second kappa shape index (κ2) is 4.97. The molecule has 0 amide bonds. The van der Waals surface area contributed by atoms with Crippen LogP contribution in [0.3, 0.4) is 0 Å². The molecular weight excluding hydrogens is 236 g/mol. The molecule has 1 aromatic carbocycles. The van der Waals surface area contributed by atoms with Crippen LogP contribution in [0.4, 0.5) is 11.4 Å². The molecule has 0 saturated carbocycles. The molecule has 0 aliphatic rings. The van der Waals surface area contributed by atoms with Gasteiger partial charge in [0, 0.05) is 24.4 Å². The predicted octanol–water partition coefficient (Wildman–Crippen LogP) is 3.58. The van der Waals surface area contributed by atoms with Gasteiger partial charge in [0.1, 0.15) is 0 Å². The van der Waals surface area contributed by atoms with Gasteiger partial charge in [-0.1, -0.05) is 0 Å². The number of anilines is 1. The standard InChI is InChI=1S/C12H12N2O2S/c1-9-6-11(14(15)16)2-3-12(9)13-7-10-4-5-17-8-10/h2-6,8,13H,7H2,1H3. The van der Waals surface area contributed by atoms with E-state index in [0.29, 0.717) is 0 Å². The molecular formula is C12H12N2O2S. The van der Waals surface area contributed by atoms with Crippen LogP contribution >= 0.6 is 11.3 Å². The van der Waals surface area contributed by atoms with E-state index in [1.807, 2.05) is 12.3 Å². The highest BCUT2D eigenvalue weighted by Crippen LogP contribution is 2.21. The number of nitro benzene ring substituents is 1. The van der Waals surface area contributed by atoms with Gasteiger partial charge in [-0.05, 0) is 40.9 Å². The number of nitro groups is 1. The first-order valence-corrected chi connectivity index (χ1v) is 6.11. The molecule has 0 spiro atoms. The summed E-state index contributed by atoms with van der Waals surface area (Å²) < 4.78 is 0. The third kappa shape index (κ3) is 2.82. The van der Waals surface area contributed by atoms with E-state index in [1.54, 1.807) is 23.5 Å². The number of aryl methyl sites for hydroxylation is 1. The summed E-state index contributed by atoms with van der Waals surface area (Å²) in [4.78, 5) is 10.2. The highest BCUT2D eigenvalue weighted by Gasteiger charge is 2.07. The van der Waals surface area contributed by atoms with Crippen LogP contribution in [-0.4, -0.2) is 4.92 Å². The quantitative estimate of drug-likeness (QED) is 0.664. The van der Waals surface area contributed by atoms with E-state index in [2.05, 4.69) is 16.8 Å². The van der Waals surface area contributed by atoms with Crippen LogP contribution < -0.4 is 5.32 Å². The van der Waals surface area contributed by atoms with Crippen molar-refractivity contribution in [2.45, 2.75) is 13.5 Å². The van der Waals surface area contributed by atoms with E-state index in [9.17, 15) is 10.1 Å². The number of thiophene rings is 1. The largest absolute Gasteiger partial charge is 0.381 e. The lowest BCUT2D eigenvalue weighted by atomic mass is 10.1. The molecule has 4 nitrogen and oxygen atoms in total. The summed E-state index contributed by atoms with van der Waals surface area (Å²) in [5.41, 5.74) is 3.16. The lowest BCUT2D eigenvalue weighted by molar-refractivity contribution is -0.384. The molecule has 0 aliphatic heterocycles. The fourth-order valence-corrected chi connectivity index (χ4v) is 2.22. The highest BCUT2D eigenvalue weighted by molar-refractivity contribution is 7.07. The summed E-state index contributed by atoms with van der Waals surface area (Å²) in [6.07, 6.45) is 0. The highest BCUT2D eigenvalue weighted by atomic mass is 32.1. The fraction of sp³-hybridized carbons (Fsp3) is 0.167. The van der Waals surface area contributed by atoms with Crippen LogP contribution in [0.5, 0.6) is 0 Å². The maximum absolute atomic E-state index is 10.6. The Balaban J connectivity index is 2.09. The number of nitrogens with one attached hydrogen (secondary N) is 1. The Bertz CT molecular complexity index is 523. The molecule has 1 heterocycles. The van der Waals surface area contributed by atoms with Gasteiger partial charge in [-0.25, -0.2) is 0 Å². The Kier molecular flexibility index (Phi) is 3.39. The third-order valence-electron chi connectivity index (χ3n) is 2.48. The zero-order valence-corrected chi connectivity index (χ0v) is 10.2. The van der Waals surface area contributed by atoms with E-state index in [4.69, 9.17) is 0 Å². The van der Waals surface area contributed by atoms with E-state index >= 15 is 0 Å². The first-order chi connectivity index (χ1) is 8.16. The van der Waals surface area contributed by atoms with Gasteiger partial charge in [-0.15, -0.1) is 0 Å². The van der Waals surface area contributed by atoms with Gasteiger partial charge in [0.25, 0.3) is 5.69 Å². The minimum Gasteiger partial charge on any atom is -0.381 e. The average molecular weight is 248 g/mol. The Hall–Kier alpha value is -1.88. The summed E-state index contributed by atoms with van der Waals surface area (Å²) >= 11 is 1.66. The van der Waals surface area contributed by atoms with Crippen molar-refractivity contribution in [1.29, 1.82) is 0 Å². The minimum atomic E-state index is -0.379. The Labute approximate surface area is 103 Å². The number of hydrogen-bond donors (Lipinski definition) is 1. The molecule has 0 fully saturated rings. The average Bonchev–Trinajstić information content (AvgIpc) is 2.80. The summed E-state index contributed by atoms with van der Waals surface area (Å²) in [6, 6.07) is 6.90. The van der Waals surface area contributed by atoms with Crippen LogP contribution in [-0.2, 0) is 6.54 Å². The SMILES string of the molecule is Cc1cc([N+](=O)[O-])ccc1NCc1ccsc1. The van der Waals surface area contributed by atoms with Crippen molar-refractivity contribution in [3.63, 3.8) is 0 Å². The number of non-ortho nitro benzene ring substituents is 1. The van der Waals surface area contributed by atoms with Crippen LogP contribution in [0.1, 0.15) is 11.1 Å². The molecule has 0 atom stereocenters. The molecule has 0 unspecified atom stereocenters. The molecule has 1 N–H and O–H groups in total. The normalized spacial score (nSPS) is 10.2. The monoisotopic (exact) mass is 248 g/mol. The maximum atomic E-state index is 10.6. The number of hydrogen-bond acceptors (Lipinski definition) is 4.